The van der Waals surface area contributed by atoms with Crippen molar-refractivity contribution in [3.8, 4) is 0 Å². The molecular formula is C25H27ClN2OS. The Labute approximate surface area is 187 Å². The van der Waals surface area contributed by atoms with Gasteiger partial charge in [-0.3, -0.25) is 9.78 Å². The lowest BCUT2D eigenvalue weighted by Crippen LogP contribution is -2.34. The molecule has 1 heterocycles. The predicted octanol–water partition coefficient (Wildman–Crippen LogP) is 6.00. The van der Waals surface area contributed by atoms with Crippen LogP contribution >= 0.6 is 23.4 Å². The third-order valence-electron chi connectivity index (χ3n) is 5.64. The molecule has 1 atom stereocenters. The Bertz CT molecular complexity index is 1040. The number of benzene rings is 2. The number of amides is 1. The summed E-state index contributed by atoms with van der Waals surface area (Å²) in [5.74, 6) is 0.491. The highest BCUT2D eigenvalue weighted by Gasteiger charge is 2.20. The zero-order valence-corrected chi connectivity index (χ0v) is 18.9. The Kier molecular flexibility index (Phi) is 6.96. The summed E-state index contributed by atoms with van der Waals surface area (Å²) in [7, 11) is 0. The molecule has 1 N–H and O–H groups in total. The van der Waals surface area contributed by atoms with Gasteiger partial charge in [0.2, 0.25) is 5.91 Å². The van der Waals surface area contributed by atoms with Crippen LogP contribution in [0.5, 0.6) is 0 Å². The molecule has 0 unspecified atom stereocenters. The number of aromatic nitrogens is 1. The number of fused-ring (bicyclic) bond motifs is 2. The first-order valence-corrected chi connectivity index (χ1v) is 12.0. The van der Waals surface area contributed by atoms with Gasteiger partial charge in [0.1, 0.15) is 0 Å². The summed E-state index contributed by atoms with van der Waals surface area (Å²) < 4.78 is 0. The number of thioether (sulfide) groups is 1. The first-order valence-electron chi connectivity index (χ1n) is 10.7. The van der Waals surface area contributed by atoms with E-state index in [9.17, 15) is 4.79 Å². The SMILES string of the molecule is C[C@H](CCc1ccccc1)NC(=O)CSc1c2c(nc3ccc(Cl)cc13)CCCC2. The van der Waals surface area contributed by atoms with Gasteiger partial charge in [-0.05, 0) is 74.8 Å². The molecule has 2 aromatic carbocycles. The van der Waals surface area contributed by atoms with E-state index in [1.165, 1.54) is 34.6 Å². The van der Waals surface area contributed by atoms with Crippen LogP contribution in [0.25, 0.3) is 10.9 Å². The van der Waals surface area contributed by atoms with Crippen LogP contribution in [0.1, 0.15) is 43.0 Å². The van der Waals surface area contributed by atoms with Crippen LogP contribution in [0.4, 0.5) is 0 Å². The first kappa shape index (κ1) is 21.2. The third kappa shape index (κ3) is 5.16. The standard InChI is InChI=1S/C25H27ClN2OS/c1-17(11-12-18-7-3-2-4-8-18)27-24(29)16-30-25-20-9-5-6-10-22(20)28-23-14-13-19(26)15-21(23)25/h2-4,7-8,13-15,17H,5-6,9-12,16H2,1H3,(H,27,29)/t17-/m1/s1. The molecule has 0 saturated heterocycles. The Balaban J connectivity index is 1.42. The normalized spacial score (nSPS) is 14.3. The van der Waals surface area contributed by atoms with Gasteiger partial charge in [-0.1, -0.05) is 41.9 Å². The number of nitrogens with zero attached hydrogens (tertiary/aromatic N) is 1. The zero-order chi connectivity index (χ0) is 20.9. The van der Waals surface area contributed by atoms with Gasteiger partial charge in [0, 0.05) is 27.0 Å². The van der Waals surface area contributed by atoms with Crippen molar-refractivity contribution in [1.82, 2.24) is 10.3 Å². The van der Waals surface area contributed by atoms with Crippen molar-refractivity contribution in [1.29, 1.82) is 0 Å². The maximum Gasteiger partial charge on any atom is 0.230 e. The molecule has 0 bridgehead atoms. The second-order valence-electron chi connectivity index (χ2n) is 8.02. The van der Waals surface area contributed by atoms with E-state index in [1.54, 1.807) is 11.8 Å². The smallest absolute Gasteiger partial charge is 0.230 e. The maximum atomic E-state index is 12.6. The lowest BCUT2D eigenvalue weighted by atomic mass is 9.94. The van der Waals surface area contributed by atoms with Crippen LogP contribution < -0.4 is 5.32 Å². The molecule has 0 radical (unpaired) electrons. The molecule has 0 aliphatic heterocycles. The highest BCUT2D eigenvalue weighted by molar-refractivity contribution is 8.00. The van der Waals surface area contributed by atoms with E-state index < -0.39 is 0 Å². The third-order valence-corrected chi connectivity index (χ3v) is 7.03. The first-order chi connectivity index (χ1) is 14.6. The van der Waals surface area contributed by atoms with E-state index in [0.29, 0.717) is 10.8 Å². The number of aryl methyl sites for hydroxylation is 2. The van der Waals surface area contributed by atoms with Crippen molar-refractivity contribution in [3.05, 3.63) is 70.4 Å². The fourth-order valence-electron chi connectivity index (χ4n) is 4.07. The summed E-state index contributed by atoms with van der Waals surface area (Å²) in [6.07, 6.45) is 6.31. The van der Waals surface area contributed by atoms with Crippen molar-refractivity contribution < 1.29 is 4.79 Å². The Morgan fingerprint density at radius 2 is 1.97 bits per heavy atom. The fourth-order valence-corrected chi connectivity index (χ4v) is 5.32. The van der Waals surface area contributed by atoms with E-state index in [4.69, 9.17) is 16.6 Å². The van der Waals surface area contributed by atoms with Gasteiger partial charge in [-0.2, -0.15) is 0 Å². The lowest BCUT2D eigenvalue weighted by molar-refractivity contribution is -0.119. The minimum atomic E-state index is 0.0807. The van der Waals surface area contributed by atoms with E-state index in [1.807, 2.05) is 24.3 Å². The minimum absolute atomic E-state index is 0.0807. The van der Waals surface area contributed by atoms with Gasteiger partial charge in [-0.15, -0.1) is 11.8 Å². The molecule has 1 aliphatic rings. The van der Waals surface area contributed by atoms with Crippen LogP contribution in [-0.2, 0) is 24.1 Å². The van der Waals surface area contributed by atoms with Gasteiger partial charge in [0.25, 0.3) is 0 Å². The number of carbonyl (C=O) groups is 1. The average Bonchev–Trinajstić information content (AvgIpc) is 2.76. The number of rotatable bonds is 7. The molecule has 30 heavy (non-hydrogen) atoms. The van der Waals surface area contributed by atoms with Gasteiger partial charge < -0.3 is 5.32 Å². The van der Waals surface area contributed by atoms with Crippen LogP contribution in [0.15, 0.2) is 53.4 Å². The molecular weight excluding hydrogens is 412 g/mol. The molecule has 1 aliphatic carbocycles. The van der Waals surface area contributed by atoms with E-state index in [2.05, 4.69) is 36.5 Å². The number of carbonyl (C=O) groups excluding carboxylic acids is 1. The Hall–Kier alpha value is -2.04. The molecule has 0 saturated carbocycles. The number of hydrogen-bond donors (Lipinski definition) is 1. The van der Waals surface area contributed by atoms with Gasteiger partial charge in [0.15, 0.2) is 0 Å². The number of nitrogens with one attached hydrogen (secondary N) is 1. The van der Waals surface area contributed by atoms with Crippen molar-refractivity contribution in [2.45, 2.75) is 56.4 Å². The quantitative estimate of drug-likeness (QED) is 0.460. The van der Waals surface area contributed by atoms with Crippen LogP contribution in [0.2, 0.25) is 5.02 Å². The molecule has 156 valence electrons. The summed E-state index contributed by atoms with van der Waals surface area (Å²) in [5.41, 5.74) is 4.78. The van der Waals surface area contributed by atoms with Gasteiger partial charge in [0.05, 0.1) is 11.3 Å². The molecule has 5 heteroatoms. The minimum Gasteiger partial charge on any atom is -0.353 e. The number of halogens is 1. The van der Waals surface area contributed by atoms with Gasteiger partial charge >= 0.3 is 0 Å². The highest BCUT2D eigenvalue weighted by Crippen LogP contribution is 2.37. The van der Waals surface area contributed by atoms with Crippen LogP contribution in [0, 0.1) is 0 Å². The average molecular weight is 439 g/mol. The fraction of sp³-hybridized carbons (Fsp3) is 0.360. The largest absolute Gasteiger partial charge is 0.353 e. The van der Waals surface area contributed by atoms with Crippen molar-refractivity contribution >= 4 is 40.2 Å². The number of pyridine rings is 1. The summed E-state index contributed by atoms with van der Waals surface area (Å²) in [4.78, 5) is 18.7. The lowest BCUT2D eigenvalue weighted by Gasteiger charge is -2.21. The molecule has 1 amide bonds. The Morgan fingerprint density at radius 1 is 1.17 bits per heavy atom. The molecule has 0 fully saturated rings. The zero-order valence-electron chi connectivity index (χ0n) is 17.3. The monoisotopic (exact) mass is 438 g/mol. The predicted molar refractivity (Wildman–Crippen MR) is 126 cm³/mol. The second kappa shape index (κ2) is 9.84. The number of hydrogen-bond acceptors (Lipinski definition) is 3. The van der Waals surface area contributed by atoms with E-state index in [-0.39, 0.29) is 11.9 Å². The summed E-state index contributed by atoms with van der Waals surface area (Å²) in [6, 6.07) is 16.4. The van der Waals surface area contributed by atoms with E-state index in [0.717, 1.165) is 36.6 Å². The van der Waals surface area contributed by atoms with Crippen molar-refractivity contribution in [2.75, 3.05) is 5.75 Å². The van der Waals surface area contributed by atoms with E-state index >= 15 is 0 Å². The van der Waals surface area contributed by atoms with Crippen molar-refractivity contribution in [2.24, 2.45) is 0 Å². The Morgan fingerprint density at radius 3 is 2.80 bits per heavy atom. The highest BCUT2D eigenvalue weighted by atomic mass is 35.5. The van der Waals surface area contributed by atoms with Gasteiger partial charge in [-0.25, -0.2) is 0 Å². The van der Waals surface area contributed by atoms with Crippen LogP contribution in [-0.4, -0.2) is 22.7 Å². The maximum absolute atomic E-state index is 12.6. The summed E-state index contributed by atoms with van der Waals surface area (Å²) in [6.45, 7) is 2.08. The summed E-state index contributed by atoms with van der Waals surface area (Å²) in [5, 5.41) is 4.94. The molecule has 0 spiro atoms. The second-order valence-corrected chi connectivity index (χ2v) is 9.44. The summed E-state index contributed by atoms with van der Waals surface area (Å²) >= 11 is 7.90. The molecule has 1 aromatic heterocycles. The topological polar surface area (TPSA) is 42.0 Å². The molecule has 4 rings (SSSR count). The van der Waals surface area contributed by atoms with Crippen molar-refractivity contribution in [3.63, 3.8) is 0 Å². The molecule has 3 nitrogen and oxygen atoms in total. The van der Waals surface area contributed by atoms with Crippen LogP contribution in [0.3, 0.4) is 0 Å². The molecule has 3 aromatic rings.